The summed E-state index contributed by atoms with van der Waals surface area (Å²) in [7, 11) is 0. The number of benzene rings is 2. The second kappa shape index (κ2) is 7.53. The molecule has 3 rings (SSSR count). The molecule has 126 valence electrons. The van der Waals surface area contributed by atoms with E-state index in [4.69, 9.17) is 0 Å². The average Bonchev–Trinajstić information content (AvgIpc) is 3.01. The molecular formula is C19H20F2N2O. The molecule has 3 nitrogen and oxygen atoms in total. The highest BCUT2D eigenvalue weighted by molar-refractivity contribution is 5.94. The van der Waals surface area contributed by atoms with Gasteiger partial charge < -0.3 is 5.32 Å². The Hall–Kier alpha value is -2.27. The van der Waals surface area contributed by atoms with Crippen LogP contribution >= 0.6 is 0 Å². The molecule has 0 aromatic heterocycles. The Balaban J connectivity index is 1.48. The molecule has 0 aliphatic carbocycles. The summed E-state index contributed by atoms with van der Waals surface area (Å²) in [6, 6.07) is 13.3. The van der Waals surface area contributed by atoms with E-state index in [1.807, 2.05) is 18.2 Å². The normalized spacial score (nSPS) is 17.8. The lowest BCUT2D eigenvalue weighted by Gasteiger charge is -2.16. The van der Waals surface area contributed by atoms with Crippen molar-refractivity contribution in [3.8, 4) is 0 Å². The van der Waals surface area contributed by atoms with Gasteiger partial charge in [-0.05, 0) is 36.6 Å². The quantitative estimate of drug-likeness (QED) is 0.913. The van der Waals surface area contributed by atoms with E-state index in [1.54, 1.807) is 0 Å². The van der Waals surface area contributed by atoms with Crippen LogP contribution in [0.3, 0.4) is 0 Å². The van der Waals surface area contributed by atoms with Gasteiger partial charge in [0.05, 0.1) is 5.56 Å². The summed E-state index contributed by atoms with van der Waals surface area (Å²) in [5, 5.41) is 2.76. The maximum Gasteiger partial charge on any atom is 0.254 e. The van der Waals surface area contributed by atoms with Crippen molar-refractivity contribution in [1.29, 1.82) is 0 Å². The van der Waals surface area contributed by atoms with Gasteiger partial charge in [0.1, 0.15) is 11.6 Å². The van der Waals surface area contributed by atoms with Gasteiger partial charge in [0.2, 0.25) is 0 Å². The molecule has 2 aromatic rings. The zero-order valence-electron chi connectivity index (χ0n) is 13.3. The first kappa shape index (κ1) is 16.6. The summed E-state index contributed by atoms with van der Waals surface area (Å²) >= 11 is 0. The third-order valence-corrected chi connectivity index (χ3v) is 4.35. The predicted molar refractivity (Wildman–Crippen MR) is 88.5 cm³/mol. The van der Waals surface area contributed by atoms with Crippen molar-refractivity contribution in [3.63, 3.8) is 0 Å². The van der Waals surface area contributed by atoms with Gasteiger partial charge in [-0.15, -0.1) is 0 Å². The van der Waals surface area contributed by atoms with Gasteiger partial charge in [0, 0.05) is 25.7 Å². The topological polar surface area (TPSA) is 32.3 Å². The van der Waals surface area contributed by atoms with E-state index in [-0.39, 0.29) is 5.56 Å². The summed E-state index contributed by atoms with van der Waals surface area (Å²) in [5.41, 5.74) is 1.16. The van der Waals surface area contributed by atoms with Crippen LogP contribution in [0.2, 0.25) is 0 Å². The van der Waals surface area contributed by atoms with Crippen LogP contribution in [-0.4, -0.2) is 30.4 Å². The minimum Gasteiger partial charge on any atom is -0.352 e. The van der Waals surface area contributed by atoms with Gasteiger partial charge in [-0.1, -0.05) is 30.3 Å². The van der Waals surface area contributed by atoms with Crippen molar-refractivity contribution in [1.82, 2.24) is 10.2 Å². The largest absolute Gasteiger partial charge is 0.352 e. The Labute approximate surface area is 140 Å². The molecule has 1 N–H and O–H groups in total. The number of hydrogen-bond acceptors (Lipinski definition) is 2. The number of rotatable bonds is 5. The van der Waals surface area contributed by atoms with Gasteiger partial charge in [0.15, 0.2) is 0 Å². The Morgan fingerprint density at radius 3 is 2.71 bits per heavy atom. The Bertz CT molecular complexity index is 706. The van der Waals surface area contributed by atoms with Crippen molar-refractivity contribution >= 4 is 5.91 Å². The maximum atomic E-state index is 13.6. The molecule has 1 amide bonds. The highest BCUT2D eigenvalue weighted by Crippen LogP contribution is 2.18. The summed E-state index contributed by atoms with van der Waals surface area (Å²) in [5.74, 6) is -1.66. The summed E-state index contributed by atoms with van der Waals surface area (Å²) in [6.45, 7) is 3.29. The highest BCUT2D eigenvalue weighted by atomic mass is 19.1. The number of nitrogens with one attached hydrogen (secondary N) is 1. The molecule has 5 heteroatoms. The molecular weight excluding hydrogens is 310 g/mol. The van der Waals surface area contributed by atoms with Gasteiger partial charge in [-0.3, -0.25) is 9.69 Å². The lowest BCUT2D eigenvalue weighted by atomic mass is 10.1. The molecule has 1 atom stereocenters. The molecule has 1 aliphatic heterocycles. The van der Waals surface area contributed by atoms with E-state index < -0.39 is 17.5 Å². The lowest BCUT2D eigenvalue weighted by molar-refractivity contribution is 0.0943. The highest BCUT2D eigenvalue weighted by Gasteiger charge is 2.23. The van der Waals surface area contributed by atoms with Gasteiger partial charge in [-0.2, -0.15) is 0 Å². The number of carbonyl (C=O) groups is 1. The van der Waals surface area contributed by atoms with Crippen LogP contribution in [0.25, 0.3) is 0 Å². The average molecular weight is 330 g/mol. The van der Waals surface area contributed by atoms with Crippen LogP contribution in [0.15, 0.2) is 48.5 Å². The molecule has 1 aliphatic rings. The second-order valence-corrected chi connectivity index (χ2v) is 6.21. The molecule has 1 heterocycles. The third kappa shape index (κ3) is 4.17. The van der Waals surface area contributed by atoms with Crippen LogP contribution < -0.4 is 5.32 Å². The first-order valence-corrected chi connectivity index (χ1v) is 8.11. The first-order valence-electron chi connectivity index (χ1n) is 8.11. The van der Waals surface area contributed by atoms with Crippen LogP contribution in [0.5, 0.6) is 0 Å². The summed E-state index contributed by atoms with van der Waals surface area (Å²) in [4.78, 5) is 14.4. The fourth-order valence-electron chi connectivity index (χ4n) is 3.07. The minimum atomic E-state index is -0.829. The van der Waals surface area contributed by atoms with Crippen LogP contribution in [0.1, 0.15) is 22.3 Å². The van der Waals surface area contributed by atoms with E-state index >= 15 is 0 Å². The predicted octanol–water partition coefficient (Wildman–Crippen LogP) is 3.22. The van der Waals surface area contributed by atoms with Crippen molar-refractivity contribution in [2.75, 3.05) is 19.6 Å². The molecule has 0 radical (unpaired) electrons. The van der Waals surface area contributed by atoms with Crippen molar-refractivity contribution in [2.24, 2.45) is 5.92 Å². The minimum absolute atomic E-state index is 0.115. The van der Waals surface area contributed by atoms with Crippen molar-refractivity contribution in [3.05, 3.63) is 71.3 Å². The van der Waals surface area contributed by atoms with E-state index in [2.05, 4.69) is 22.3 Å². The number of nitrogens with zero attached hydrogens (tertiary/aromatic N) is 1. The molecule has 1 unspecified atom stereocenters. The van der Waals surface area contributed by atoms with Crippen molar-refractivity contribution in [2.45, 2.75) is 13.0 Å². The lowest BCUT2D eigenvalue weighted by Crippen LogP contribution is -2.31. The number of hydrogen-bond donors (Lipinski definition) is 1. The summed E-state index contributed by atoms with van der Waals surface area (Å²) < 4.78 is 26.5. The van der Waals surface area contributed by atoms with Crippen LogP contribution in [0, 0.1) is 17.6 Å². The SMILES string of the molecule is O=C(NCC1CCN(Cc2ccccc2)C1)c1ccc(F)cc1F. The van der Waals surface area contributed by atoms with E-state index in [0.717, 1.165) is 38.2 Å². The maximum absolute atomic E-state index is 13.6. The van der Waals surface area contributed by atoms with E-state index in [0.29, 0.717) is 12.5 Å². The van der Waals surface area contributed by atoms with Crippen molar-refractivity contribution < 1.29 is 13.6 Å². The summed E-state index contributed by atoms with van der Waals surface area (Å²) in [6.07, 6.45) is 0.999. The molecule has 0 saturated carbocycles. The second-order valence-electron chi connectivity index (χ2n) is 6.21. The Morgan fingerprint density at radius 2 is 1.96 bits per heavy atom. The van der Waals surface area contributed by atoms with Crippen LogP contribution in [0.4, 0.5) is 8.78 Å². The Morgan fingerprint density at radius 1 is 1.17 bits per heavy atom. The van der Waals surface area contributed by atoms with E-state index in [1.165, 1.54) is 11.6 Å². The number of carbonyl (C=O) groups excluding carboxylic acids is 1. The standard InChI is InChI=1S/C19H20F2N2O/c20-16-6-7-17(18(21)10-16)19(24)22-11-15-8-9-23(13-15)12-14-4-2-1-3-5-14/h1-7,10,15H,8-9,11-13H2,(H,22,24). The molecule has 1 fully saturated rings. The van der Waals surface area contributed by atoms with Gasteiger partial charge in [-0.25, -0.2) is 8.78 Å². The number of amides is 1. The fourth-order valence-corrected chi connectivity index (χ4v) is 3.07. The molecule has 2 aromatic carbocycles. The molecule has 0 bridgehead atoms. The smallest absolute Gasteiger partial charge is 0.254 e. The third-order valence-electron chi connectivity index (χ3n) is 4.35. The number of halogens is 2. The zero-order valence-corrected chi connectivity index (χ0v) is 13.3. The first-order chi connectivity index (χ1) is 11.6. The monoisotopic (exact) mass is 330 g/mol. The van der Waals surface area contributed by atoms with Crippen LogP contribution in [-0.2, 0) is 6.54 Å². The molecule has 24 heavy (non-hydrogen) atoms. The van der Waals surface area contributed by atoms with Gasteiger partial charge >= 0.3 is 0 Å². The van der Waals surface area contributed by atoms with E-state index in [9.17, 15) is 13.6 Å². The van der Waals surface area contributed by atoms with Gasteiger partial charge in [0.25, 0.3) is 5.91 Å². The fraction of sp³-hybridized carbons (Fsp3) is 0.316. The Kier molecular flexibility index (Phi) is 5.20. The number of likely N-dealkylation sites (tertiary alicyclic amines) is 1. The molecule has 0 spiro atoms. The zero-order chi connectivity index (χ0) is 16.9. The molecule has 1 saturated heterocycles.